The molecule has 0 radical (unpaired) electrons. The molecule has 4 aromatic rings. The number of nitrogens with zero attached hydrogens (tertiary/aromatic N) is 2. The van der Waals surface area contributed by atoms with E-state index >= 15 is 0 Å². The van der Waals surface area contributed by atoms with Gasteiger partial charge in [0.15, 0.2) is 12.3 Å². The SMILES string of the molecule is COCCOCCOCCN1\C(=C/C=C/C=C/C=C/C2=[N+](CCOCCOCCOCCOCCOCCOCCOCCOCCOCCOCCOCCOCCC(=O)O)c3ccc4ccccc4c3C2(C)C)C(C)(C)c2c1ccc1ccccc21. The second-order valence-electron chi connectivity index (χ2n) is 21.7. The van der Waals surface area contributed by atoms with Gasteiger partial charge in [-0.3, -0.25) is 4.79 Å². The van der Waals surface area contributed by atoms with Gasteiger partial charge in [0.25, 0.3) is 0 Å². The normalized spacial score (nSPS) is 15.1. The van der Waals surface area contributed by atoms with E-state index in [4.69, 9.17) is 76.2 Å². The molecule has 0 amide bonds. The van der Waals surface area contributed by atoms with Crippen molar-refractivity contribution in [3.05, 3.63) is 132 Å². The Balaban J connectivity index is 0.798. The molecule has 0 fully saturated rings. The summed E-state index contributed by atoms with van der Waals surface area (Å²) in [6.07, 6.45) is 15.1. The van der Waals surface area contributed by atoms with Gasteiger partial charge < -0.3 is 81.1 Å². The number of fused-ring (bicyclic) bond motifs is 6. The molecule has 2 heterocycles. The van der Waals surface area contributed by atoms with E-state index in [2.05, 4.69) is 152 Å². The summed E-state index contributed by atoms with van der Waals surface area (Å²) in [6.45, 7) is 24.5. The lowest BCUT2D eigenvalue weighted by molar-refractivity contribution is -0.442. The maximum absolute atomic E-state index is 10.4. The summed E-state index contributed by atoms with van der Waals surface area (Å²) in [6, 6.07) is 26.3. The van der Waals surface area contributed by atoms with Crippen molar-refractivity contribution in [2.45, 2.75) is 44.9 Å². The summed E-state index contributed by atoms with van der Waals surface area (Å²) >= 11 is 0. The number of ether oxygens (including phenoxy) is 15. The van der Waals surface area contributed by atoms with E-state index in [1.54, 1.807) is 7.11 Å². The van der Waals surface area contributed by atoms with Crippen LogP contribution in [0.15, 0.2) is 121 Å². The molecule has 19 nitrogen and oxygen atoms in total. The Morgan fingerprint density at radius 3 is 1.28 bits per heavy atom. The van der Waals surface area contributed by atoms with Crippen LogP contribution in [0.5, 0.6) is 0 Å². The minimum atomic E-state index is -0.878. The van der Waals surface area contributed by atoms with Gasteiger partial charge >= 0.3 is 5.97 Å². The number of anilines is 1. The fraction of sp³-hybridized carbons (Fsp3) is 0.565. The fourth-order valence-corrected chi connectivity index (χ4v) is 10.5. The number of carboxylic acids is 1. The molecule has 0 atom stereocenters. The van der Waals surface area contributed by atoms with Crippen molar-refractivity contribution in [2.24, 2.45) is 0 Å². The van der Waals surface area contributed by atoms with Crippen LogP contribution in [-0.2, 0) is 86.7 Å². The topological polar surface area (TPSA) is 182 Å². The maximum atomic E-state index is 10.4. The number of carboxylic acid groups (broad SMARTS) is 1. The highest BCUT2D eigenvalue weighted by atomic mass is 16.6. The first-order valence-corrected chi connectivity index (χ1v) is 31.1. The second-order valence-corrected chi connectivity index (χ2v) is 21.7. The average molecular weight is 1230 g/mol. The summed E-state index contributed by atoms with van der Waals surface area (Å²) < 4.78 is 86.1. The van der Waals surface area contributed by atoms with Crippen LogP contribution >= 0.6 is 0 Å². The Morgan fingerprint density at radius 2 is 0.818 bits per heavy atom. The summed E-state index contributed by atoms with van der Waals surface area (Å²) in [5, 5.41) is 13.6. The molecule has 1 N–H and O–H groups in total. The zero-order chi connectivity index (χ0) is 62.2. The number of methoxy groups -OCH3 is 1. The van der Waals surface area contributed by atoms with E-state index < -0.39 is 5.97 Å². The Morgan fingerprint density at radius 1 is 0.432 bits per heavy atom. The van der Waals surface area contributed by atoms with Crippen molar-refractivity contribution in [2.75, 3.05) is 217 Å². The fourth-order valence-electron chi connectivity index (χ4n) is 10.5. The number of hydrogen-bond acceptors (Lipinski definition) is 17. The number of rotatable bonds is 52. The van der Waals surface area contributed by atoms with Crippen LogP contribution < -0.4 is 4.90 Å². The number of hydrogen-bond donors (Lipinski definition) is 1. The predicted molar refractivity (Wildman–Crippen MR) is 342 cm³/mol. The number of benzene rings is 4. The van der Waals surface area contributed by atoms with E-state index in [0.717, 1.165) is 6.54 Å². The number of carbonyl (C=O) groups is 1. The molecule has 486 valence electrons. The standard InChI is InChI=1S/C69H98N2O17/c1-68(2)63(70(26-29-76-34-37-78-32-31-74-5)61-23-21-57-15-11-13-17-59(57)66(61)68)19-9-7-6-8-10-20-64-69(3,4)67-60-18-14-12-16-58(60)22-24-62(67)71(64)27-30-77-35-38-80-40-42-82-44-46-84-48-50-86-52-54-88-56-55-87-53-51-85-49-47-83-45-43-81-41-39-79-36-33-75-28-25-65(72)73/h6-24H,25-56H2,1-5H3/p+1. The summed E-state index contributed by atoms with van der Waals surface area (Å²) in [7, 11) is 1.68. The lowest BCUT2D eigenvalue weighted by atomic mass is 9.79. The van der Waals surface area contributed by atoms with Crippen LogP contribution in [0.25, 0.3) is 21.5 Å². The van der Waals surface area contributed by atoms with Crippen LogP contribution in [0.1, 0.15) is 45.2 Å². The molecule has 2 aliphatic rings. The highest BCUT2D eigenvalue weighted by Gasteiger charge is 2.45. The van der Waals surface area contributed by atoms with Gasteiger partial charge in [0.05, 0.1) is 197 Å². The van der Waals surface area contributed by atoms with E-state index in [1.165, 1.54) is 55.5 Å². The Kier molecular flexibility index (Phi) is 34.8. The average Bonchev–Trinajstić information content (AvgIpc) is 1.60. The molecule has 0 spiro atoms. The third kappa shape index (κ3) is 24.8. The first kappa shape index (κ1) is 71.8. The zero-order valence-electron chi connectivity index (χ0n) is 53.0. The van der Waals surface area contributed by atoms with Crippen LogP contribution in [0.3, 0.4) is 0 Å². The predicted octanol–water partition coefficient (Wildman–Crippen LogP) is 9.07. The lowest BCUT2D eigenvalue weighted by Gasteiger charge is -2.27. The minimum Gasteiger partial charge on any atom is -0.481 e. The van der Waals surface area contributed by atoms with Crippen molar-refractivity contribution in [3.63, 3.8) is 0 Å². The second kappa shape index (κ2) is 42.6. The summed E-state index contributed by atoms with van der Waals surface area (Å²) in [5.41, 5.74) is 7.11. The molecule has 2 aliphatic heterocycles. The smallest absolute Gasteiger partial charge is 0.305 e. The molecule has 0 aliphatic carbocycles. The van der Waals surface area contributed by atoms with E-state index in [-0.39, 0.29) is 23.9 Å². The molecule has 0 unspecified atom stereocenters. The third-order valence-corrected chi connectivity index (χ3v) is 14.7. The van der Waals surface area contributed by atoms with Gasteiger partial charge in [-0.2, -0.15) is 4.58 Å². The maximum Gasteiger partial charge on any atom is 0.305 e. The van der Waals surface area contributed by atoms with E-state index in [1.807, 2.05) is 0 Å². The molecule has 0 saturated heterocycles. The summed E-state index contributed by atoms with van der Waals surface area (Å²) in [5.74, 6) is -0.878. The van der Waals surface area contributed by atoms with Crippen LogP contribution in [0, 0.1) is 0 Å². The molecule has 0 bridgehead atoms. The van der Waals surface area contributed by atoms with Crippen molar-refractivity contribution < 1.29 is 85.5 Å². The van der Waals surface area contributed by atoms with Crippen molar-refractivity contribution >= 4 is 44.6 Å². The van der Waals surface area contributed by atoms with Gasteiger partial charge in [-0.1, -0.05) is 98.8 Å². The Hall–Kier alpha value is -5.30. The Labute approximate surface area is 521 Å². The van der Waals surface area contributed by atoms with Gasteiger partial charge in [-0.05, 0) is 59.2 Å². The highest BCUT2D eigenvalue weighted by molar-refractivity contribution is 6.07. The largest absolute Gasteiger partial charge is 0.481 e. The molecule has 6 rings (SSSR count). The van der Waals surface area contributed by atoms with Gasteiger partial charge in [-0.25, -0.2) is 0 Å². The van der Waals surface area contributed by atoms with Gasteiger partial charge in [0, 0.05) is 48.2 Å². The molecule has 19 heteroatoms. The van der Waals surface area contributed by atoms with Gasteiger partial charge in [0.2, 0.25) is 5.69 Å². The van der Waals surface area contributed by atoms with Crippen molar-refractivity contribution in [1.29, 1.82) is 0 Å². The molecular formula is C69H99N2O17+. The van der Waals surface area contributed by atoms with Gasteiger partial charge in [-0.15, -0.1) is 0 Å². The monoisotopic (exact) mass is 1230 g/mol. The molecular weight excluding hydrogens is 1130 g/mol. The Bertz CT molecular complexity index is 2760. The third-order valence-electron chi connectivity index (χ3n) is 14.7. The van der Waals surface area contributed by atoms with E-state index in [0.29, 0.717) is 192 Å². The molecule has 0 aromatic heterocycles. The quantitative estimate of drug-likeness (QED) is 0.0251. The minimum absolute atomic E-state index is 0.00929. The van der Waals surface area contributed by atoms with Crippen LogP contribution in [0.4, 0.5) is 11.4 Å². The first-order valence-electron chi connectivity index (χ1n) is 31.1. The van der Waals surface area contributed by atoms with Crippen LogP contribution in [0.2, 0.25) is 0 Å². The first-order chi connectivity index (χ1) is 43.2. The van der Waals surface area contributed by atoms with Crippen LogP contribution in [-0.4, -0.2) is 233 Å². The lowest BCUT2D eigenvalue weighted by Crippen LogP contribution is -2.29. The van der Waals surface area contributed by atoms with Gasteiger partial charge in [0.1, 0.15) is 6.61 Å². The molecule has 88 heavy (non-hydrogen) atoms. The number of allylic oxidation sites excluding steroid dienone is 8. The molecule has 4 aromatic carbocycles. The number of aliphatic carboxylic acids is 1. The zero-order valence-corrected chi connectivity index (χ0v) is 53.0. The van der Waals surface area contributed by atoms with Crippen molar-refractivity contribution in [3.8, 4) is 0 Å². The highest BCUT2D eigenvalue weighted by Crippen LogP contribution is 2.51. The van der Waals surface area contributed by atoms with Crippen molar-refractivity contribution in [1.82, 2.24) is 0 Å². The van der Waals surface area contributed by atoms with E-state index in [9.17, 15) is 4.79 Å². The summed E-state index contributed by atoms with van der Waals surface area (Å²) in [4.78, 5) is 12.8. The molecule has 0 saturated carbocycles.